The number of sulfonamides is 1. The number of amides is 3. The second-order valence-corrected chi connectivity index (χ2v) is 17.7. The van der Waals surface area contributed by atoms with Crippen molar-refractivity contribution in [1.82, 2.24) is 19.4 Å². The Labute approximate surface area is 319 Å². The third kappa shape index (κ3) is 12.6. The van der Waals surface area contributed by atoms with Crippen LogP contribution >= 0.6 is 0 Å². The summed E-state index contributed by atoms with van der Waals surface area (Å²) in [4.78, 5) is 60.5. The summed E-state index contributed by atoms with van der Waals surface area (Å²) in [7, 11) is 4.54. The number of Topliss-reactive ketones (excluding diaryl/α,β-unsaturated/α-hetero) is 1. The van der Waals surface area contributed by atoms with Gasteiger partial charge in [-0.25, -0.2) is 8.42 Å². The fraction of sp³-hybridized carbons (Fsp3) is 0.750. The van der Waals surface area contributed by atoms with Crippen LogP contribution in [0, 0.1) is 36.5 Å². The highest BCUT2D eigenvalue weighted by molar-refractivity contribution is 7.89. The van der Waals surface area contributed by atoms with Crippen molar-refractivity contribution in [2.75, 3.05) is 41.9 Å². The molecule has 0 aromatic heterocycles. The van der Waals surface area contributed by atoms with Crippen molar-refractivity contribution in [3.8, 4) is 0 Å². The van der Waals surface area contributed by atoms with Crippen LogP contribution in [0.4, 0.5) is 0 Å². The van der Waals surface area contributed by atoms with Crippen LogP contribution in [0.15, 0.2) is 24.3 Å². The minimum Gasteiger partial charge on any atom is -0.379 e. The lowest BCUT2D eigenvalue weighted by molar-refractivity contribution is -0.149. The summed E-state index contributed by atoms with van der Waals surface area (Å²) in [5, 5.41) is 0. The van der Waals surface area contributed by atoms with Crippen molar-refractivity contribution < 1.29 is 37.1 Å². The zero-order valence-electron chi connectivity index (χ0n) is 34.5. The first kappa shape index (κ1) is 46.3. The molecule has 3 amide bonds. The molecule has 0 unspecified atom stereocenters. The van der Waals surface area contributed by atoms with Crippen LogP contribution in [-0.4, -0.2) is 119 Å². The van der Waals surface area contributed by atoms with Crippen LogP contribution in [0.3, 0.4) is 0 Å². The Hall–Kier alpha value is -2.87. The molecule has 1 aliphatic heterocycles. The van der Waals surface area contributed by atoms with Crippen LogP contribution in [0.25, 0.3) is 0 Å². The maximum atomic E-state index is 14.3. The van der Waals surface area contributed by atoms with Gasteiger partial charge in [0.2, 0.25) is 27.7 Å². The monoisotopic (exact) mass is 764 g/mol. The molecule has 0 bridgehead atoms. The Bertz CT molecular complexity index is 1460. The number of likely N-dealkylation sites (tertiary alicyclic amines) is 1. The maximum absolute atomic E-state index is 14.3. The zero-order valence-corrected chi connectivity index (χ0v) is 35.4. The van der Waals surface area contributed by atoms with Crippen LogP contribution in [-0.2, 0) is 44.4 Å². The molecule has 0 spiro atoms. The number of carbonyl (C=O) groups is 4. The first-order chi connectivity index (χ1) is 24.7. The van der Waals surface area contributed by atoms with E-state index in [1.807, 2.05) is 79.6 Å². The topological polar surface area (TPSA) is 143 Å². The summed E-state index contributed by atoms with van der Waals surface area (Å²) < 4.78 is 39.9. The fourth-order valence-electron chi connectivity index (χ4n) is 7.96. The second kappa shape index (κ2) is 20.7. The number of hydrogen-bond acceptors (Lipinski definition) is 9. The number of rotatable bonds is 21. The fourth-order valence-corrected chi connectivity index (χ4v) is 9.15. The van der Waals surface area contributed by atoms with Gasteiger partial charge in [0, 0.05) is 40.2 Å². The maximum Gasteiger partial charge on any atom is 0.239 e. The van der Waals surface area contributed by atoms with Gasteiger partial charge in [0.25, 0.3) is 0 Å². The minimum atomic E-state index is -3.98. The van der Waals surface area contributed by atoms with E-state index in [-0.39, 0.29) is 60.0 Å². The summed E-state index contributed by atoms with van der Waals surface area (Å²) in [6, 6.07) is 5.85. The van der Waals surface area contributed by atoms with Crippen LogP contribution in [0.1, 0.15) is 91.7 Å². The van der Waals surface area contributed by atoms with Crippen molar-refractivity contribution in [1.29, 1.82) is 0 Å². The predicted octanol–water partition coefficient (Wildman–Crippen LogP) is 4.68. The molecule has 2 rings (SSSR count). The van der Waals surface area contributed by atoms with Gasteiger partial charge < -0.3 is 19.3 Å². The average Bonchev–Trinajstić information content (AvgIpc) is 3.56. The number of ketones is 1. The molecule has 0 saturated carbocycles. The minimum absolute atomic E-state index is 0.0110. The molecular weight excluding hydrogens is 697 g/mol. The first-order valence-electron chi connectivity index (χ1n) is 19.1. The molecule has 1 heterocycles. The van der Waals surface area contributed by atoms with E-state index in [0.717, 1.165) is 12.0 Å². The molecule has 8 atom stereocenters. The van der Waals surface area contributed by atoms with Gasteiger partial charge in [0.05, 0.1) is 48.4 Å². The Kier molecular flexibility index (Phi) is 18.1. The normalized spacial score (nSPS) is 19.1. The smallest absolute Gasteiger partial charge is 0.239 e. The number of methoxy groups -OCH3 is 2. The second-order valence-electron chi connectivity index (χ2n) is 16.0. The molecule has 13 heteroatoms. The van der Waals surface area contributed by atoms with Gasteiger partial charge in [-0.15, -0.1) is 0 Å². The van der Waals surface area contributed by atoms with Crippen molar-refractivity contribution in [3.05, 3.63) is 35.4 Å². The lowest BCUT2D eigenvalue weighted by Crippen LogP contribution is -2.54. The number of aryl methyl sites for hydroxylation is 1. The number of carbonyl (C=O) groups excluding carboxylic acids is 4. The number of benzene rings is 1. The zero-order chi connectivity index (χ0) is 40.4. The van der Waals surface area contributed by atoms with E-state index in [9.17, 15) is 27.6 Å². The molecule has 1 aliphatic rings. The van der Waals surface area contributed by atoms with Crippen molar-refractivity contribution in [2.24, 2.45) is 29.6 Å². The number of nitrogens with one attached hydrogen (secondary N) is 1. The summed E-state index contributed by atoms with van der Waals surface area (Å²) in [5.41, 5.74) is 1.56. The van der Waals surface area contributed by atoms with Crippen molar-refractivity contribution in [3.63, 3.8) is 0 Å². The molecule has 302 valence electrons. The third-order valence-corrected chi connectivity index (χ3v) is 12.3. The van der Waals surface area contributed by atoms with Crippen LogP contribution < -0.4 is 4.72 Å². The quantitative estimate of drug-likeness (QED) is 0.189. The highest BCUT2D eigenvalue weighted by Crippen LogP contribution is 2.31. The van der Waals surface area contributed by atoms with Gasteiger partial charge in [-0.1, -0.05) is 84.7 Å². The Morgan fingerprint density at radius 2 is 1.53 bits per heavy atom. The van der Waals surface area contributed by atoms with Gasteiger partial charge in [-0.2, -0.15) is 0 Å². The van der Waals surface area contributed by atoms with Gasteiger partial charge in [-0.3, -0.25) is 28.8 Å². The summed E-state index contributed by atoms with van der Waals surface area (Å²) >= 11 is 0. The number of likely N-dealkylation sites (N-methyl/N-ethyl adjacent to an activating group) is 2. The SMILES string of the molecule is CC[C@H](C)[C@@H]([C@@H](CC(=O)N1CCC[C@H]1[C@H](OC)[C@@H](C)C(=O)NS(=O)(=O)Cc1ccc(C)cc1)OC)N(C)C(=O)[C@@H](CC(=O)[C@H](C(C)C)N(C)C)C(C)C. The van der Waals surface area contributed by atoms with E-state index >= 15 is 0 Å². The highest BCUT2D eigenvalue weighted by Gasteiger charge is 2.43. The van der Waals surface area contributed by atoms with E-state index < -0.39 is 52.1 Å². The largest absolute Gasteiger partial charge is 0.379 e. The number of ether oxygens (including phenoxy) is 2. The number of hydrogen-bond donors (Lipinski definition) is 1. The van der Waals surface area contributed by atoms with Gasteiger partial charge >= 0.3 is 0 Å². The van der Waals surface area contributed by atoms with E-state index in [2.05, 4.69) is 4.72 Å². The average molecular weight is 765 g/mol. The van der Waals surface area contributed by atoms with E-state index in [4.69, 9.17) is 9.47 Å². The Morgan fingerprint density at radius 1 is 0.925 bits per heavy atom. The molecule has 1 aromatic rings. The van der Waals surface area contributed by atoms with Gasteiger partial charge in [0.15, 0.2) is 5.78 Å². The summed E-state index contributed by atoms with van der Waals surface area (Å²) in [6.07, 6.45) is 0.714. The molecule has 1 saturated heterocycles. The predicted molar refractivity (Wildman–Crippen MR) is 208 cm³/mol. The molecule has 1 fully saturated rings. The molecule has 1 N–H and O–H groups in total. The van der Waals surface area contributed by atoms with Crippen molar-refractivity contribution in [2.45, 2.75) is 124 Å². The van der Waals surface area contributed by atoms with Crippen molar-refractivity contribution >= 4 is 33.5 Å². The van der Waals surface area contributed by atoms with E-state index in [1.54, 1.807) is 43.0 Å². The van der Waals surface area contributed by atoms with Crippen LogP contribution in [0.2, 0.25) is 0 Å². The Morgan fingerprint density at radius 3 is 2.02 bits per heavy atom. The first-order valence-corrected chi connectivity index (χ1v) is 20.8. The Balaban J connectivity index is 2.26. The lowest BCUT2D eigenvalue weighted by atomic mass is 9.83. The molecule has 53 heavy (non-hydrogen) atoms. The number of nitrogens with zero attached hydrogens (tertiary/aromatic N) is 3. The molecule has 0 radical (unpaired) electrons. The molecule has 0 aliphatic carbocycles. The lowest BCUT2D eigenvalue weighted by Gasteiger charge is -2.41. The summed E-state index contributed by atoms with van der Waals surface area (Å²) in [6.45, 7) is 16.0. The van der Waals surface area contributed by atoms with E-state index in [0.29, 0.717) is 24.9 Å². The third-order valence-electron chi connectivity index (χ3n) is 11.1. The summed E-state index contributed by atoms with van der Waals surface area (Å²) in [5.74, 6) is -2.78. The van der Waals surface area contributed by atoms with Crippen LogP contribution in [0.5, 0.6) is 0 Å². The van der Waals surface area contributed by atoms with Gasteiger partial charge in [-0.05, 0) is 57.2 Å². The van der Waals surface area contributed by atoms with Gasteiger partial charge in [0.1, 0.15) is 0 Å². The van der Waals surface area contributed by atoms with E-state index in [1.165, 1.54) is 7.11 Å². The molecule has 12 nitrogen and oxygen atoms in total. The molecular formula is C40H68N4O8S. The standard InChI is InChI=1S/C40H68N4O8S/c1-14-28(7)37(43(11)40(48)31(25(2)3)22-33(45)36(26(4)5)42(9)10)34(51-12)23-35(46)44-21-15-16-32(44)38(52-13)29(8)39(47)41-53(49,50)24-30-19-17-27(6)18-20-30/h17-20,25-26,28-29,31-32,34,36-38H,14-16,21-24H2,1-13H3,(H,41,47)/t28-,29+,31-,32-,34+,36-,37-,38+/m0/s1. The highest BCUT2D eigenvalue weighted by atomic mass is 32.2. The molecule has 1 aromatic carbocycles.